The summed E-state index contributed by atoms with van der Waals surface area (Å²) in [5.74, 6) is 0.729. The minimum Gasteiger partial charge on any atom is -0.306 e. The Bertz CT molecular complexity index is 854. The maximum Gasteiger partial charge on any atom is 0.331 e. The lowest BCUT2D eigenvalue weighted by molar-refractivity contribution is 0.624. The second kappa shape index (κ2) is 5.57. The third-order valence-electron chi connectivity index (χ3n) is 3.13. The molecule has 0 amide bonds. The van der Waals surface area contributed by atoms with Crippen LogP contribution in [0.4, 0.5) is 0 Å². The van der Waals surface area contributed by atoms with E-state index >= 15 is 0 Å². The summed E-state index contributed by atoms with van der Waals surface area (Å²) >= 11 is 1.09. The molecule has 0 bridgehead atoms. The quantitative estimate of drug-likeness (QED) is 0.742. The molecule has 2 aromatic heterocycles. The van der Waals surface area contributed by atoms with E-state index in [1.807, 2.05) is 24.5 Å². The molecule has 0 radical (unpaired) electrons. The van der Waals surface area contributed by atoms with E-state index in [-0.39, 0.29) is 10.6 Å². The van der Waals surface area contributed by atoms with Crippen LogP contribution in [0.5, 0.6) is 0 Å². The zero-order valence-electron chi connectivity index (χ0n) is 12.1. The molecule has 0 unspecified atom stereocenters. The number of aryl methyl sites for hydroxylation is 1. The van der Waals surface area contributed by atoms with Crippen LogP contribution in [0.15, 0.2) is 19.8 Å². The Labute approximate surface area is 124 Å². The standard InChI is InChI=1S/C12H14N6O2S/c1-5-18-7(2)14-15-11(18)21-10-8(6-13)9(19)16(3)12(20)17(10)4/h5H2,1-4H3. The SMILES string of the molecule is CCn1c(C)nnc1Sc1c(C#N)c(=O)n(C)c(=O)n1C. The number of aromatic nitrogens is 5. The summed E-state index contributed by atoms with van der Waals surface area (Å²) in [6, 6.07) is 1.87. The van der Waals surface area contributed by atoms with Crippen molar-refractivity contribution in [3.63, 3.8) is 0 Å². The predicted molar refractivity (Wildman–Crippen MR) is 76.2 cm³/mol. The Morgan fingerprint density at radius 3 is 2.48 bits per heavy atom. The van der Waals surface area contributed by atoms with Crippen molar-refractivity contribution in [3.8, 4) is 6.07 Å². The first kappa shape index (κ1) is 15.1. The van der Waals surface area contributed by atoms with Gasteiger partial charge in [0.15, 0.2) is 5.16 Å². The van der Waals surface area contributed by atoms with E-state index in [1.165, 1.54) is 18.7 Å². The Morgan fingerprint density at radius 1 is 1.24 bits per heavy atom. The van der Waals surface area contributed by atoms with Crippen LogP contribution in [-0.4, -0.2) is 23.9 Å². The van der Waals surface area contributed by atoms with Gasteiger partial charge in [0.2, 0.25) is 0 Å². The van der Waals surface area contributed by atoms with Crippen molar-refractivity contribution >= 4 is 11.8 Å². The molecule has 0 aromatic carbocycles. The minimum absolute atomic E-state index is 0.0760. The lowest BCUT2D eigenvalue weighted by atomic mass is 10.3. The topological polar surface area (TPSA) is 98.5 Å². The first-order chi connectivity index (χ1) is 9.92. The van der Waals surface area contributed by atoms with Gasteiger partial charge in [0.25, 0.3) is 5.56 Å². The van der Waals surface area contributed by atoms with Gasteiger partial charge in [-0.3, -0.25) is 13.9 Å². The highest BCUT2D eigenvalue weighted by Gasteiger charge is 2.19. The molecule has 2 rings (SSSR count). The fourth-order valence-electron chi connectivity index (χ4n) is 1.93. The lowest BCUT2D eigenvalue weighted by Gasteiger charge is -2.11. The summed E-state index contributed by atoms with van der Waals surface area (Å²) in [6.45, 7) is 4.41. The third kappa shape index (κ3) is 2.38. The maximum atomic E-state index is 12.0. The van der Waals surface area contributed by atoms with Gasteiger partial charge in [-0.2, -0.15) is 5.26 Å². The molecule has 0 spiro atoms. The van der Waals surface area contributed by atoms with Gasteiger partial charge in [-0.25, -0.2) is 4.79 Å². The molecule has 0 saturated heterocycles. The first-order valence-electron chi connectivity index (χ1n) is 6.20. The van der Waals surface area contributed by atoms with E-state index < -0.39 is 11.2 Å². The second-order valence-electron chi connectivity index (χ2n) is 4.37. The van der Waals surface area contributed by atoms with Crippen LogP contribution >= 0.6 is 11.8 Å². The van der Waals surface area contributed by atoms with E-state index in [9.17, 15) is 14.9 Å². The molecule has 0 atom stereocenters. The highest BCUT2D eigenvalue weighted by Crippen LogP contribution is 2.26. The van der Waals surface area contributed by atoms with Gasteiger partial charge >= 0.3 is 5.69 Å². The van der Waals surface area contributed by atoms with Gasteiger partial charge in [0, 0.05) is 20.6 Å². The molecular weight excluding hydrogens is 292 g/mol. The van der Waals surface area contributed by atoms with Crippen molar-refractivity contribution in [2.45, 2.75) is 30.6 Å². The molecule has 0 fully saturated rings. The summed E-state index contributed by atoms with van der Waals surface area (Å²) in [7, 11) is 2.86. The fraction of sp³-hybridized carbons (Fsp3) is 0.417. The van der Waals surface area contributed by atoms with Crippen LogP contribution in [0.3, 0.4) is 0 Å². The molecule has 2 heterocycles. The summed E-state index contributed by atoms with van der Waals surface area (Å²) in [5, 5.41) is 18.0. The van der Waals surface area contributed by atoms with Crippen LogP contribution in [0.1, 0.15) is 18.3 Å². The summed E-state index contributed by atoms with van der Waals surface area (Å²) in [4.78, 5) is 24.0. The van der Waals surface area contributed by atoms with E-state index in [2.05, 4.69) is 10.2 Å². The van der Waals surface area contributed by atoms with Gasteiger partial charge < -0.3 is 4.57 Å². The summed E-state index contributed by atoms with van der Waals surface area (Å²) in [6.07, 6.45) is 0. The number of hydrogen-bond donors (Lipinski definition) is 0. The van der Waals surface area contributed by atoms with Crippen LogP contribution in [0, 0.1) is 18.3 Å². The van der Waals surface area contributed by atoms with Crippen LogP contribution in [0.25, 0.3) is 0 Å². The Morgan fingerprint density at radius 2 is 1.90 bits per heavy atom. The molecule has 0 aliphatic carbocycles. The fourth-order valence-corrected chi connectivity index (χ4v) is 3.00. The molecule has 2 aromatic rings. The van der Waals surface area contributed by atoms with Crippen molar-refractivity contribution in [2.75, 3.05) is 0 Å². The Kier molecular flexibility index (Phi) is 3.99. The van der Waals surface area contributed by atoms with E-state index in [1.54, 1.807) is 0 Å². The normalized spacial score (nSPS) is 10.6. The highest BCUT2D eigenvalue weighted by atomic mass is 32.2. The van der Waals surface area contributed by atoms with Gasteiger partial charge in [-0.15, -0.1) is 10.2 Å². The van der Waals surface area contributed by atoms with Crippen molar-refractivity contribution in [1.29, 1.82) is 5.26 Å². The molecule has 9 heteroatoms. The van der Waals surface area contributed by atoms with Gasteiger partial charge in [-0.1, -0.05) is 0 Å². The van der Waals surface area contributed by atoms with Crippen molar-refractivity contribution in [2.24, 2.45) is 14.1 Å². The largest absolute Gasteiger partial charge is 0.331 e. The molecule has 0 N–H and O–H groups in total. The molecule has 0 aliphatic rings. The van der Waals surface area contributed by atoms with Gasteiger partial charge in [0.1, 0.15) is 22.5 Å². The van der Waals surface area contributed by atoms with Crippen molar-refractivity contribution in [3.05, 3.63) is 32.2 Å². The molecule has 0 saturated carbocycles. The number of nitriles is 1. The maximum absolute atomic E-state index is 12.0. The van der Waals surface area contributed by atoms with Crippen LogP contribution in [0.2, 0.25) is 0 Å². The summed E-state index contributed by atoms with van der Waals surface area (Å²) < 4.78 is 4.03. The minimum atomic E-state index is -0.609. The van der Waals surface area contributed by atoms with E-state index in [0.717, 1.165) is 22.2 Å². The number of nitrogens with zero attached hydrogens (tertiary/aromatic N) is 6. The predicted octanol–water partition coefficient (Wildman–Crippen LogP) is 0.0267. The van der Waals surface area contributed by atoms with E-state index in [4.69, 9.17) is 0 Å². The second-order valence-corrected chi connectivity index (χ2v) is 5.33. The van der Waals surface area contributed by atoms with E-state index in [0.29, 0.717) is 11.7 Å². The molecule has 21 heavy (non-hydrogen) atoms. The zero-order valence-corrected chi connectivity index (χ0v) is 12.9. The molecule has 8 nitrogen and oxygen atoms in total. The zero-order chi connectivity index (χ0) is 15.7. The summed E-state index contributed by atoms with van der Waals surface area (Å²) in [5.41, 5.74) is -1.17. The van der Waals surface area contributed by atoms with Gasteiger partial charge in [0.05, 0.1) is 0 Å². The average Bonchev–Trinajstić information content (AvgIpc) is 2.83. The Hall–Kier alpha value is -2.34. The smallest absolute Gasteiger partial charge is 0.306 e. The average molecular weight is 306 g/mol. The molecule has 0 aliphatic heterocycles. The molecule has 110 valence electrons. The highest BCUT2D eigenvalue weighted by molar-refractivity contribution is 7.99. The van der Waals surface area contributed by atoms with Crippen LogP contribution < -0.4 is 11.2 Å². The monoisotopic (exact) mass is 306 g/mol. The third-order valence-corrected chi connectivity index (χ3v) is 4.28. The Balaban J connectivity index is 2.68. The van der Waals surface area contributed by atoms with Crippen molar-refractivity contribution in [1.82, 2.24) is 23.9 Å². The number of hydrogen-bond acceptors (Lipinski definition) is 6. The lowest BCUT2D eigenvalue weighted by Crippen LogP contribution is -2.39. The first-order valence-corrected chi connectivity index (χ1v) is 7.01. The van der Waals surface area contributed by atoms with Gasteiger partial charge in [-0.05, 0) is 25.6 Å². The molecular formula is C12H14N6O2S. The number of rotatable bonds is 3. The van der Waals surface area contributed by atoms with Crippen molar-refractivity contribution < 1.29 is 0 Å². The van der Waals surface area contributed by atoms with Crippen LogP contribution in [-0.2, 0) is 20.6 Å².